The minimum Gasteiger partial charge on any atom is -0.387 e. The van der Waals surface area contributed by atoms with E-state index < -0.39 is 29.5 Å². The van der Waals surface area contributed by atoms with E-state index in [-0.39, 0.29) is 22.9 Å². The van der Waals surface area contributed by atoms with Gasteiger partial charge in [0, 0.05) is 35.5 Å². The first-order chi connectivity index (χ1) is 15.1. The topological polar surface area (TPSA) is 140 Å². The highest BCUT2D eigenvalue weighted by Crippen LogP contribution is 2.21. The van der Waals surface area contributed by atoms with Crippen LogP contribution in [-0.4, -0.2) is 29.9 Å². The van der Waals surface area contributed by atoms with Crippen molar-refractivity contribution in [1.29, 1.82) is 10.5 Å². The van der Waals surface area contributed by atoms with Gasteiger partial charge in [-0.2, -0.15) is 10.5 Å². The van der Waals surface area contributed by atoms with E-state index in [9.17, 15) is 27.4 Å². The van der Waals surface area contributed by atoms with E-state index in [1.165, 1.54) is 48.5 Å². The molecule has 0 aliphatic heterocycles. The molecule has 0 saturated heterocycles. The Balaban J connectivity index is 2.00. The number of nitrogens with zero attached hydrogens (tertiary/aromatic N) is 2. The Morgan fingerprint density at radius 3 is 1.31 bits per heavy atom. The van der Waals surface area contributed by atoms with Gasteiger partial charge in [-0.05, 0) is 48.5 Å². The largest absolute Gasteiger partial charge is 0.387 e. The van der Waals surface area contributed by atoms with Crippen molar-refractivity contribution in [3.05, 3.63) is 80.8 Å². The summed E-state index contributed by atoms with van der Waals surface area (Å²) in [7, 11) is -8.03. The van der Waals surface area contributed by atoms with Gasteiger partial charge in [-0.25, -0.2) is 16.8 Å². The Morgan fingerprint density at radius 1 is 0.719 bits per heavy atom. The second kappa shape index (κ2) is 11.0. The molecule has 0 aliphatic rings. The van der Waals surface area contributed by atoms with Crippen LogP contribution in [0.2, 0.25) is 10.0 Å². The average Bonchev–Trinajstić information content (AvgIpc) is 2.76. The van der Waals surface area contributed by atoms with Gasteiger partial charge in [0.15, 0.2) is 9.81 Å². The lowest BCUT2D eigenvalue weighted by Gasteiger charge is -2.06. The molecule has 2 N–H and O–H groups in total. The van der Waals surface area contributed by atoms with Crippen molar-refractivity contribution >= 4 is 42.9 Å². The fourth-order valence-corrected chi connectivity index (χ4v) is 4.76. The van der Waals surface area contributed by atoms with Crippen LogP contribution in [0.25, 0.3) is 0 Å². The first-order valence-electron chi connectivity index (χ1n) is 8.81. The second-order valence-electron chi connectivity index (χ2n) is 6.06. The molecule has 0 bridgehead atoms. The maximum atomic E-state index is 12.5. The number of halogens is 2. The molecule has 32 heavy (non-hydrogen) atoms. The molecule has 0 unspecified atom stereocenters. The highest BCUT2D eigenvalue weighted by atomic mass is 35.5. The van der Waals surface area contributed by atoms with Crippen LogP contribution in [0.5, 0.6) is 0 Å². The number of allylic oxidation sites excluding steroid dienone is 2. The Kier molecular flexibility index (Phi) is 8.70. The minimum atomic E-state index is -4.02. The van der Waals surface area contributed by atoms with E-state index in [0.29, 0.717) is 10.0 Å². The molecule has 0 fully saturated rings. The van der Waals surface area contributed by atoms with Gasteiger partial charge in [0.25, 0.3) is 0 Å². The summed E-state index contributed by atoms with van der Waals surface area (Å²) in [6.45, 7) is 0.273. The van der Waals surface area contributed by atoms with Crippen LogP contribution in [0.4, 0.5) is 0 Å². The second-order valence-corrected chi connectivity index (χ2v) is 10.8. The highest BCUT2D eigenvalue weighted by molar-refractivity contribution is 7.95. The summed E-state index contributed by atoms with van der Waals surface area (Å²) in [4.78, 5) is -1.16. The predicted molar refractivity (Wildman–Crippen MR) is 121 cm³/mol. The molecule has 0 radical (unpaired) electrons. The van der Waals surface area contributed by atoms with Crippen molar-refractivity contribution in [2.24, 2.45) is 0 Å². The lowest BCUT2D eigenvalue weighted by Crippen LogP contribution is -2.22. The van der Waals surface area contributed by atoms with E-state index in [2.05, 4.69) is 10.6 Å². The summed E-state index contributed by atoms with van der Waals surface area (Å²) in [6.07, 6.45) is 2.09. The molecule has 0 saturated carbocycles. The third-order valence-corrected chi connectivity index (χ3v) is 7.79. The molecule has 166 valence electrons. The van der Waals surface area contributed by atoms with Crippen molar-refractivity contribution in [3.8, 4) is 12.1 Å². The fraction of sp³-hybridized carbons (Fsp3) is 0.100. The number of sulfone groups is 2. The summed E-state index contributed by atoms with van der Waals surface area (Å²) < 4.78 is 49.9. The van der Waals surface area contributed by atoms with Crippen LogP contribution < -0.4 is 10.6 Å². The van der Waals surface area contributed by atoms with Gasteiger partial charge in [0.1, 0.15) is 12.1 Å². The summed E-state index contributed by atoms with van der Waals surface area (Å²) >= 11 is 11.5. The quantitative estimate of drug-likeness (QED) is 0.387. The number of benzene rings is 2. The van der Waals surface area contributed by atoms with Gasteiger partial charge in [-0.3, -0.25) is 0 Å². The summed E-state index contributed by atoms with van der Waals surface area (Å²) in [5.74, 6) is 0. The van der Waals surface area contributed by atoms with Gasteiger partial charge >= 0.3 is 0 Å². The highest BCUT2D eigenvalue weighted by Gasteiger charge is 2.21. The molecule has 0 atom stereocenters. The molecule has 2 aromatic carbocycles. The van der Waals surface area contributed by atoms with Crippen LogP contribution in [0.15, 0.2) is 80.5 Å². The van der Waals surface area contributed by atoms with Crippen molar-refractivity contribution in [2.75, 3.05) is 13.1 Å². The van der Waals surface area contributed by atoms with Crippen LogP contribution >= 0.6 is 23.2 Å². The monoisotopic (exact) mass is 510 g/mol. The number of hydrogen-bond acceptors (Lipinski definition) is 8. The van der Waals surface area contributed by atoms with E-state index in [4.69, 9.17) is 23.2 Å². The third kappa shape index (κ3) is 6.25. The Bertz CT molecular complexity index is 1220. The standard InChI is InChI=1S/C20H16Cl2N4O4S2/c21-15-1-5-17(6-2-15)31(27,28)19(11-23)13-25-9-10-26-14-20(12-24)32(29,30)18-7-3-16(22)4-8-18/h1-8,13-14,25-26H,9-10H2. The predicted octanol–water partition coefficient (Wildman–Crippen LogP) is 3.15. The van der Waals surface area contributed by atoms with Crippen molar-refractivity contribution in [3.63, 3.8) is 0 Å². The van der Waals surface area contributed by atoms with Crippen LogP contribution in [0, 0.1) is 22.7 Å². The molecule has 0 aliphatic carbocycles. The zero-order valence-corrected chi connectivity index (χ0v) is 19.4. The van der Waals surface area contributed by atoms with Crippen LogP contribution in [0.3, 0.4) is 0 Å². The molecular formula is C20H16Cl2N4O4S2. The molecule has 2 aromatic rings. The Labute approximate surface area is 196 Å². The molecular weight excluding hydrogens is 495 g/mol. The molecule has 0 heterocycles. The number of rotatable bonds is 9. The van der Waals surface area contributed by atoms with Gasteiger partial charge in [0.05, 0.1) is 9.79 Å². The van der Waals surface area contributed by atoms with Gasteiger partial charge in [-0.15, -0.1) is 0 Å². The first-order valence-corrected chi connectivity index (χ1v) is 12.5. The smallest absolute Gasteiger partial charge is 0.218 e. The maximum Gasteiger partial charge on any atom is 0.218 e. The van der Waals surface area contributed by atoms with Crippen molar-refractivity contribution in [1.82, 2.24) is 10.6 Å². The normalized spacial score (nSPS) is 12.5. The van der Waals surface area contributed by atoms with E-state index >= 15 is 0 Å². The Hall–Kier alpha value is -3.02. The zero-order valence-electron chi connectivity index (χ0n) is 16.3. The Morgan fingerprint density at radius 2 is 1.03 bits per heavy atom. The number of hydrogen-bond donors (Lipinski definition) is 2. The minimum absolute atomic E-state index is 0.0800. The molecule has 0 amide bonds. The molecule has 0 spiro atoms. The average molecular weight is 511 g/mol. The maximum absolute atomic E-state index is 12.5. The lowest BCUT2D eigenvalue weighted by molar-refractivity contribution is 0.600. The molecule has 0 aromatic heterocycles. The lowest BCUT2D eigenvalue weighted by atomic mass is 10.4. The molecule has 8 nitrogen and oxygen atoms in total. The first kappa shape index (κ1) is 25.2. The molecule has 2 rings (SSSR count). The number of nitriles is 2. The number of nitrogens with one attached hydrogen (secondary N) is 2. The summed E-state index contributed by atoms with van der Waals surface area (Å²) in [6, 6.07) is 14.0. The van der Waals surface area contributed by atoms with Gasteiger partial charge in [0.2, 0.25) is 19.7 Å². The van der Waals surface area contributed by atoms with Crippen LogP contribution in [-0.2, 0) is 19.7 Å². The fourth-order valence-electron chi connectivity index (χ4n) is 2.30. The SMILES string of the molecule is N#CC(=CNCCNC=C(C#N)S(=O)(=O)c1ccc(Cl)cc1)S(=O)(=O)c1ccc(Cl)cc1. The summed E-state index contributed by atoms with van der Waals surface area (Å²) in [5.41, 5.74) is 0. The van der Waals surface area contributed by atoms with Gasteiger partial charge < -0.3 is 10.6 Å². The summed E-state index contributed by atoms with van der Waals surface area (Å²) in [5, 5.41) is 24.4. The van der Waals surface area contributed by atoms with E-state index in [1.807, 2.05) is 0 Å². The van der Waals surface area contributed by atoms with E-state index in [1.54, 1.807) is 12.1 Å². The van der Waals surface area contributed by atoms with Crippen molar-refractivity contribution in [2.45, 2.75) is 9.79 Å². The van der Waals surface area contributed by atoms with Crippen molar-refractivity contribution < 1.29 is 16.8 Å². The molecule has 12 heteroatoms. The van der Waals surface area contributed by atoms with E-state index in [0.717, 1.165) is 12.4 Å². The van der Waals surface area contributed by atoms with Gasteiger partial charge in [-0.1, -0.05) is 23.2 Å². The third-order valence-electron chi connectivity index (χ3n) is 3.93. The van der Waals surface area contributed by atoms with Crippen LogP contribution in [0.1, 0.15) is 0 Å². The zero-order chi connectivity index (χ0) is 23.8.